The van der Waals surface area contributed by atoms with Crippen LogP contribution in [0.5, 0.6) is 0 Å². The molecule has 0 saturated carbocycles. The Morgan fingerprint density at radius 3 is 2.40 bits per heavy atom. The summed E-state index contributed by atoms with van der Waals surface area (Å²) in [5.41, 5.74) is 2.05. The van der Waals surface area contributed by atoms with Gasteiger partial charge in [0, 0.05) is 23.8 Å². The van der Waals surface area contributed by atoms with Crippen molar-refractivity contribution in [1.82, 2.24) is 0 Å². The number of nitro groups is 2. The standard InChI is InChI=1S/C13H11N5O6S/c14-25(23,24)11-4-5-12(13(7-11)18(21)22)16-15-8-9-2-1-3-10(6-9)17(19)20/h1-8,16H,(H2,14,23,24)/b15-8-. The second-order valence-corrected chi connectivity index (χ2v) is 6.26. The molecule has 11 nitrogen and oxygen atoms in total. The summed E-state index contributed by atoms with van der Waals surface area (Å²) < 4.78 is 22.5. The zero-order valence-corrected chi connectivity index (χ0v) is 13.2. The van der Waals surface area contributed by atoms with Gasteiger partial charge >= 0.3 is 0 Å². The first-order chi connectivity index (χ1) is 11.7. The molecule has 0 aliphatic carbocycles. The van der Waals surface area contributed by atoms with Crippen molar-refractivity contribution >= 4 is 33.3 Å². The van der Waals surface area contributed by atoms with E-state index in [9.17, 15) is 28.6 Å². The van der Waals surface area contributed by atoms with Gasteiger partial charge in [0.15, 0.2) is 0 Å². The molecule has 0 amide bonds. The summed E-state index contributed by atoms with van der Waals surface area (Å²) in [5, 5.41) is 30.4. The summed E-state index contributed by atoms with van der Waals surface area (Å²) >= 11 is 0. The van der Waals surface area contributed by atoms with Crippen LogP contribution in [0.1, 0.15) is 5.56 Å². The van der Waals surface area contributed by atoms with Gasteiger partial charge in [-0.05, 0) is 12.1 Å². The summed E-state index contributed by atoms with van der Waals surface area (Å²) in [6, 6.07) is 8.63. The molecule has 0 radical (unpaired) electrons. The van der Waals surface area contributed by atoms with Crippen LogP contribution in [0.2, 0.25) is 0 Å². The molecule has 0 bridgehead atoms. The third kappa shape index (κ3) is 4.55. The van der Waals surface area contributed by atoms with Crippen LogP contribution in [0.4, 0.5) is 17.1 Å². The molecule has 2 aromatic carbocycles. The number of anilines is 1. The minimum atomic E-state index is -4.09. The largest absolute Gasteiger partial charge is 0.295 e. The Bertz CT molecular complexity index is 973. The highest BCUT2D eigenvalue weighted by Crippen LogP contribution is 2.27. The Hall–Kier alpha value is -3.38. The monoisotopic (exact) mass is 365 g/mol. The van der Waals surface area contributed by atoms with Crippen molar-refractivity contribution in [3.8, 4) is 0 Å². The number of hydrogen-bond acceptors (Lipinski definition) is 8. The molecule has 0 aliphatic heterocycles. The normalized spacial score (nSPS) is 11.4. The Kier molecular flexibility index (Phi) is 5.05. The van der Waals surface area contributed by atoms with Gasteiger partial charge in [-0.3, -0.25) is 25.7 Å². The lowest BCUT2D eigenvalue weighted by molar-refractivity contribution is -0.384. The molecule has 0 spiro atoms. The van der Waals surface area contributed by atoms with Crippen LogP contribution in [0, 0.1) is 20.2 Å². The average molecular weight is 365 g/mol. The maximum absolute atomic E-state index is 11.3. The fourth-order valence-electron chi connectivity index (χ4n) is 1.83. The van der Waals surface area contributed by atoms with Gasteiger partial charge in [-0.2, -0.15) is 5.10 Å². The summed E-state index contributed by atoms with van der Waals surface area (Å²) in [6.45, 7) is 0. The lowest BCUT2D eigenvalue weighted by atomic mass is 10.2. The Morgan fingerprint density at radius 2 is 1.80 bits per heavy atom. The molecule has 2 rings (SSSR count). The molecule has 0 aliphatic rings. The third-order valence-corrected chi connectivity index (χ3v) is 3.89. The van der Waals surface area contributed by atoms with Crippen LogP contribution in [0.3, 0.4) is 0 Å². The van der Waals surface area contributed by atoms with Crippen LogP contribution >= 0.6 is 0 Å². The molecule has 2 aromatic rings. The highest BCUT2D eigenvalue weighted by molar-refractivity contribution is 7.89. The molecule has 0 heterocycles. The molecule has 12 heteroatoms. The quantitative estimate of drug-likeness (QED) is 0.444. The number of nitrogens with two attached hydrogens (primary N) is 1. The number of nitro benzene ring substituents is 2. The van der Waals surface area contributed by atoms with Gasteiger partial charge in [0.1, 0.15) is 5.69 Å². The van der Waals surface area contributed by atoms with Crippen molar-refractivity contribution in [3.05, 3.63) is 68.3 Å². The number of non-ortho nitro benzene ring substituents is 1. The highest BCUT2D eigenvalue weighted by atomic mass is 32.2. The number of hydrazone groups is 1. The number of sulfonamides is 1. The average Bonchev–Trinajstić information content (AvgIpc) is 2.54. The SMILES string of the molecule is NS(=O)(=O)c1ccc(N/N=C\c2cccc([N+](=O)[O-])c2)c([N+](=O)[O-])c1. The van der Waals surface area contributed by atoms with Crippen LogP contribution in [0.15, 0.2) is 52.5 Å². The topological polar surface area (TPSA) is 171 Å². The van der Waals surface area contributed by atoms with Gasteiger partial charge in [0.2, 0.25) is 10.0 Å². The second-order valence-electron chi connectivity index (χ2n) is 4.70. The first-order valence-electron chi connectivity index (χ1n) is 6.53. The van der Waals surface area contributed by atoms with E-state index in [1.165, 1.54) is 24.4 Å². The van der Waals surface area contributed by atoms with Crippen LogP contribution < -0.4 is 10.6 Å². The van der Waals surface area contributed by atoms with Crippen molar-refractivity contribution in [3.63, 3.8) is 0 Å². The van der Waals surface area contributed by atoms with Crippen LogP contribution in [-0.4, -0.2) is 24.5 Å². The Labute approximate surface area is 141 Å². The second kappa shape index (κ2) is 7.02. The van der Waals surface area contributed by atoms with Gasteiger partial charge in [-0.15, -0.1) is 0 Å². The third-order valence-electron chi connectivity index (χ3n) is 2.97. The zero-order chi connectivity index (χ0) is 18.6. The van der Waals surface area contributed by atoms with Gasteiger partial charge in [-0.1, -0.05) is 12.1 Å². The summed E-state index contributed by atoms with van der Waals surface area (Å²) in [6.07, 6.45) is 1.23. The molecule has 0 saturated heterocycles. The van der Waals surface area contributed by atoms with Gasteiger partial charge in [-0.25, -0.2) is 13.6 Å². The molecule has 0 atom stereocenters. The van der Waals surface area contributed by atoms with E-state index >= 15 is 0 Å². The predicted molar refractivity (Wildman–Crippen MR) is 88.8 cm³/mol. The number of nitrogens with one attached hydrogen (secondary N) is 1. The van der Waals surface area contributed by atoms with Crippen molar-refractivity contribution in [2.24, 2.45) is 10.2 Å². The van der Waals surface area contributed by atoms with Gasteiger partial charge in [0.05, 0.1) is 21.0 Å². The molecular formula is C13H11N5O6S. The minimum Gasteiger partial charge on any atom is -0.272 e. The number of nitrogens with zero attached hydrogens (tertiary/aromatic N) is 3. The van der Waals surface area contributed by atoms with Crippen LogP contribution in [0.25, 0.3) is 0 Å². The minimum absolute atomic E-state index is 0.0703. The van der Waals surface area contributed by atoms with E-state index in [1.807, 2.05) is 0 Å². The molecule has 25 heavy (non-hydrogen) atoms. The predicted octanol–water partition coefficient (Wildman–Crippen LogP) is 1.60. The van der Waals surface area contributed by atoms with Crippen molar-refractivity contribution in [2.45, 2.75) is 4.90 Å². The molecular weight excluding hydrogens is 354 g/mol. The Balaban J connectivity index is 2.27. The first-order valence-corrected chi connectivity index (χ1v) is 8.08. The highest BCUT2D eigenvalue weighted by Gasteiger charge is 2.18. The van der Waals surface area contributed by atoms with E-state index in [1.54, 1.807) is 6.07 Å². The lowest BCUT2D eigenvalue weighted by Crippen LogP contribution is -2.12. The molecule has 0 fully saturated rings. The fraction of sp³-hybridized carbons (Fsp3) is 0. The van der Waals surface area contributed by atoms with Crippen molar-refractivity contribution in [2.75, 3.05) is 5.43 Å². The molecule has 0 aromatic heterocycles. The van der Waals surface area contributed by atoms with Gasteiger partial charge < -0.3 is 0 Å². The van der Waals surface area contributed by atoms with E-state index in [0.717, 1.165) is 18.2 Å². The van der Waals surface area contributed by atoms with E-state index < -0.39 is 30.5 Å². The van der Waals surface area contributed by atoms with Crippen molar-refractivity contribution < 1.29 is 18.3 Å². The molecule has 0 unspecified atom stereocenters. The molecule has 130 valence electrons. The van der Waals surface area contributed by atoms with E-state index in [-0.39, 0.29) is 11.4 Å². The molecule has 3 N–H and O–H groups in total. The summed E-state index contributed by atoms with van der Waals surface area (Å²) in [4.78, 5) is 20.0. The maximum Gasteiger partial charge on any atom is 0.295 e. The number of benzene rings is 2. The van der Waals surface area contributed by atoms with Gasteiger partial charge in [0.25, 0.3) is 11.4 Å². The Morgan fingerprint density at radius 1 is 1.08 bits per heavy atom. The van der Waals surface area contributed by atoms with E-state index in [0.29, 0.717) is 5.56 Å². The zero-order valence-electron chi connectivity index (χ0n) is 12.4. The summed E-state index contributed by atoms with van der Waals surface area (Å²) in [7, 11) is -4.09. The lowest BCUT2D eigenvalue weighted by Gasteiger charge is -2.04. The maximum atomic E-state index is 11.3. The van der Waals surface area contributed by atoms with E-state index in [2.05, 4.69) is 10.5 Å². The summed E-state index contributed by atoms with van der Waals surface area (Å²) in [5.74, 6) is 0. The fourth-order valence-corrected chi connectivity index (χ4v) is 2.36. The number of primary sulfonamides is 1. The first kappa shape index (κ1) is 18.0. The number of rotatable bonds is 6. The van der Waals surface area contributed by atoms with Crippen molar-refractivity contribution in [1.29, 1.82) is 0 Å². The smallest absolute Gasteiger partial charge is 0.272 e. The number of hydrogen-bond donors (Lipinski definition) is 2. The van der Waals surface area contributed by atoms with E-state index in [4.69, 9.17) is 5.14 Å². The van der Waals surface area contributed by atoms with Crippen LogP contribution in [-0.2, 0) is 10.0 Å².